The lowest BCUT2D eigenvalue weighted by molar-refractivity contribution is 0.0939. The van der Waals surface area contributed by atoms with Gasteiger partial charge in [-0.05, 0) is 37.1 Å². The van der Waals surface area contributed by atoms with Gasteiger partial charge in [0.1, 0.15) is 5.75 Å². The predicted octanol–water partition coefficient (Wildman–Crippen LogP) is 1.76. The molecule has 1 atom stereocenters. The molecule has 0 aromatic heterocycles. The number of hydrogen-bond acceptors (Lipinski definition) is 4. The van der Waals surface area contributed by atoms with Crippen molar-refractivity contribution >= 4 is 5.91 Å². The van der Waals surface area contributed by atoms with Crippen LogP contribution in [0.2, 0.25) is 0 Å². The van der Waals surface area contributed by atoms with Gasteiger partial charge in [-0.1, -0.05) is 13.0 Å². The number of benzene rings is 1. The molecule has 1 aromatic carbocycles. The van der Waals surface area contributed by atoms with E-state index in [2.05, 4.69) is 17.6 Å². The molecular formula is C17H26N2O3. The first-order valence-corrected chi connectivity index (χ1v) is 8.00. The standard InChI is InChI=1S/C17H26N2O3/c1-3-13-5-6-14(11-16(13)22-10-4-9-21-2)17(20)19-15-7-8-18-12-15/h5-6,11,15,18H,3-4,7-10,12H2,1-2H3,(H,19,20)/t15-/m0/s1. The molecule has 0 radical (unpaired) electrons. The van der Waals surface area contributed by atoms with E-state index in [0.29, 0.717) is 18.8 Å². The first kappa shape index (κ1) is 16.8. The Labute approximate surface area is 132 Å². The zero-order valence-electron chi connectivity index (χ0n) is 13.5. The van der Waals surface area contributed by atoms with Gasteiger partial charge < -0.3 is 20.1 Å². The van der Waals surface area contributed by atoms with Gasteiger partial charge in [0.25, 0.3) is 5.91 Å². The van der Waals surface area contributed by atoms with E-state index in [1.165, 1.54) is 0 Å². The summed E-state index contributed by atoms with van der Waals surface area (Å²) in [6.45, 7) is 5.17. The fourth-order valence-electron chi connectivity index (χ4n) is 2.55. The molecule has 0 unspecified atom stereocenters. The van der Waals surface area contributed by atoms with Crippen molar-refractivity contribution in [1.82, 2.24) is 10.6 Å². The summed E-state index contributed by atoms with van der Waals surface area (Å²) in [7, 11) is 1.68. The molecule has 0 spiro atoms. The van der Waals surface area contributed by atoms with Crippen molar-refractivity contribution in [1.29, 1.82) is 0 Å². The highest BCUT2D eigenvalue weighted by Gasteiger charge is 2.18. The average molecular weight is 306 g/mol. The minimum atomic E-state index is -0.0295. The van der Waals surface area contributed by atoms with E-state index in [1.54, 1.807) is 7.11 Å². The largest absolute Gasteiger partial charge is 0.493 e. The number of hydrogen-bond donors (Lipinski definition) is 2. The summed E-state index contributed by atoms with van der Waals surface area (Å²) in [5.41, 5.74) is 1.78. The van der Waals surface area contributed by atoms with Gasteiger partial charge in [-0.15, -0.1) is 0 Å². The molecule has 1 heterocycles. The van der Waals surface area contributed by atoms with Gasteiger partial charge in [0, 0.05) is 38.3 Å². The van der Waals surface area contributed by atoms with Crippen LogP contribution in [0.5, 0.6) is 5.75 Å². The molecule has 1 aliphatic heterocycles. The lowest BCUT2D eigenvalue weighted by Crippen LogP contribution is -2.36. The van der Waals surface area contributed by atoms with Crippen LogP contribution >= 0.6 is 0 Å². The van der Waals surface area contributed by atoms with Gasteiger partial charge in [-0.3, -0.25) is 4.79 Å². The number of aryl methyl sites for hydroxylation is 1. The van der Waals surface area contributed by atoms with Crippen LogP contribution in [0.4, 0.5) is 0 Å². The number of nitrogens with one attached hydrogen (secondary N) is 2. The Kier molecular flexibility index (Phi) is 6.68. The molecule has 1 aliphatic rings. The maximum atomic E-state index is 12.3. The van der Waals surface area contributed by atoms with Crippen LogP contribution in [-0.4, -0.2) is 45.4 Å². The molecular weight excluding hydrogens is 280 g/mol. The van der Waals surface area contributed by atoms with E-state index >= 15 is 0 Å². The molecule has 0 bridgehead atoms. The van der Waals surface area contributed by atoms with E-state index in [-0.39, 0.29) is 11.9 Å². The molecule has 2 N–H and O–H groups in total. The number of ether oxygens (including phenoxy) is 2. The Morgan fingerprint density at radius 2 is 2.27 bits per heavy atom. The third kappa shape index (κ3) is 4.71. The van der Waals surface area contributed by atoms with Crippen LogP contribution in [0.3, 0.4) is 0 Å². The highest BCUT2D eigenvalue weighted by atomic mass is 16.5. The molecule has 1 saturated heterocycles. The van der Waals surface area contributed by atoms with E-state index in [9.17, 15) is 4.79 Å². The molecule has 22 heavy (non-hydrogen) atoms. The Bertz CT molecular complexity index is 485. The summed E-state index contributed by atoms with van der Waals surface area (Å²) in [4.78, 5) is 12.3. The Morgan fingerprint density at radius 1 is 1.41 bits per heavy atom. The fraction of sp³-hybridized carbons (Fsp3) is 0.588. The number of amides is 1. The lowest BCUT2D eigenvalue weighted by Gasteiger charge is -2.14. The van der Waals surface area contributed by atoms with Crippen LogP contribution in [0, 0.1) is 0 Å². The number of carbonyl (C=O) groups excluding carboxylic acids is 1. The summed E-state index contributed by atoms with van der Waals surface area (Å²) in [5.74, 6) is 0.772. The molecule has 0 saturated carbocycles. The van der Waals surface area contributed by atoms with Crippen molar-refractivity contribution in [3.63, 3.8) is 0 Å². The minimum Gasteiger partial charge on any atom is -0.493 e. The third-order valence-corrected chi connectivity index (χ3v) is 3.86. The van der Waals surface area contributed by atoms with Crippen molar-refractivity contribution in [3.8, 4) is 5.75 Å². The molecule has 5 heteroatoms. The zero-order valence-corrected chi connectivity index (χ0v) is 13.5. The van der Waals surface area contributed by atoms with Crippen LogP contribution in [-0.2, 0) is 11.2 Å². The second kappa shape index (κ2) is 8.76. The molecule has 1 amide bonds. The highest BCUT2D eigenvalue weighted by Crippen LogP contribution is 2.21. The number of carbonyl (C=O) groups is 1. The van der Waals surface area contributed by atoms with E-state index in [1.807, 2.05) is 18.2 Å². The minimum absolute atomic E-state index is 0.0295. The number of methoxy groups -OCH3 is 1. The van der Waals surface area contributed by atoms with Gasteiger partial charge in [-0.2, -0.15) is 0 Å². The van der Waals surface area contributed by atoms with Crippen LogP contribution in [0.1, 0.15) is 35.7 Å². The monoisotopic (exact) mass is 306 g/mol. The van der Waals surface area contributed by atoms with Gasteiger partial charge in [0.05, 0.1) is 6.61 Å². The molecule has 2 rings (SSSR count). The first-order chi connectivity index (χ1) is 10.7. The molecule has 0 aliphatic carbocycles. The smallest absolute Gasteiger partial charge is 0.251 e. The van der Waals surface area contributed by atoms with Crippen molar-refractivity contribution in [2.45, 2.75) is 32.2 Å². The summed E-state index contributed by atoms with van der Waals surface area (Å²) >= 11 is 0. The normalized spacial score (nSPS) is 17.5. The van der Waals surface area contributed by atoms with Crippen molar-refractivity contribution in [2.75, 3.05) is 33.4 Å². The van der Waals surface area contributed by atoms with Crippen LogP contribution in [0.25, 0.3) is 0 Å². The van der Waals surface area contributed by atoms with Crippen molar-refractivity contribution in [2.24, 2.45) is 0 Å². The highest BCUT2D eigenvalue weighted by molar-refractivity contribution is 5.95. The van der Waals surface area contributed by atoms with E-state index in [4.69, 9.17) is 9.47 Å². The number of rotatable bonds is 8. The topological polar surface area (TPSA) is 59.6 Å². The summed E-state index contributed by atoms with van der Waals surface area (Å²) < 4.78 is 10.8. The molecule has 1 aromatic rings. The maximum Gasteiger partial charge on any atom is 0.251 e. The summed E-state index contributed by atoms with van der Waals surface area (Å²) in [6, 6.07) is 5.93. The average Bonchev–Trinajstić information content (AvgIpc) is 3.04. The first-order valence-electron chi connectivity index (χ1n) is 8.00. The van der Waals surface area contributed by atoms with Crippen molar-refractivity contribution in [3.05, 3.63) is 29.3 Å². The van der Waals surface area contributed by atoms with E-state index < -0.39 is 0 Å². The second-order valence-corrected chi connectivity index (χ2v) is 5.53. The van der Waals surface area contributed by atoms with Crippen LogP contribution < -0.4 is 15.4 Å². The molecule has 1 fully saturated rings. The Balaban J connectivity index is 1.99. The third-order valence-electron chi connectivity index (χ3n) is 3.86. The van der Waals surface area contributed by atoms with Crippen LogP contribution in [0.15, 0.2) is 18.2 Å². The molecule has 5 nitrogen and oxygen atoms in total. The summed E-state index contributed by atoms with van der Waals surface area (Å²) in [6.07, 6.45) is 2.71. The van der Waals surface area contributed by atoms with Gasteiger partial charge in [0.2, 0.25) is 0 Å². The van der Waals surface area contributed by atoms with Gasteiger partial charge in [0.15, 0.2) is 0 Å². The second-order valence-electron chi connectivity index (χ2n) is 5.53. The van der Waals surface area contributed by atoms with E-state index in [0.717, 1.165) is 43.7 Å². The summed E-state index contributed by atoms with van der Waals surface area (Å²) in [5, 5.41) is 6.31. The molecule has 122 valence electrons. The predicted molar refractivity (Wildman–Crippen MR) is 86.5 cm³/mol. The van der Waals surface area contributed by atoms with Gasteiger partial charge >= 0.3 is 0 Å². The maximum absolute atomic E-state index is 12.3. The quantitative estimate of drug-likeness (QED) is 0.719. The van der Waals surface area contributed by atoms with Crippen molar-refractivity contribution < 1.29 is 14.3 Å². The Hall–Kier alpha value is -1.59. The zero-order chi connectivity index (χ0) is 15.8. The SMILES string of the molecule is CCc1ccc(C(=O)N[C@H]2CCNC2)cc1OCCCOC. The van der Waals surface area contributed by atoms with Gasteiger partial charge in [-0.25, -0.2) is 0 Å². The lowest BCUT2D eigenvalue weighted by atomic mass is 10.1. The fourth-order valence-corrected chi connectivity index (χ4v) is 2.55. The Morgan fingerprint density at radius 3 is 2.95 bits per heavy atom.